The van der Waals surface area contributed by atoms with Gasteiger partial charge in [0, 0.05) is 4.88 Å². The summed E-state index contributed by atoms with van der Waals surface area (Å²) in [6.07, 6.45) is 7.73. The van der Waals surface area contributed by atoms with Crippen molar-refractivity contribution in [2.45, 2.75) is 71.3 Å². The average molecular weight is 428 g/mol. The lowest BCUT2D eigenvalue weighted by Gasteiger charge is -2.22. The van der Waals surface area contributed by atoms with E-state index in [1.165, 1.54) is 33.8 Å². The molecule has 1 atom stereocenters. The van der Waals surface area contributed by atoms with Crippen molar-refractivity contribution in [2.75, 3.05) is 11.9 Å². The molecule has 0 spiro atoms. The van der Waals surface area contributed by atoms with Crippen LogP contribution in [0.4, 0.5) is 5.00 Å². The second kappa shape index (κ2) is 9.21. The van der Waals surface area contributed by atoms with Crippen molar-refractivity contribution in [3.8, 4) is 5.75 Å². The van der Waals surface area contributed by atoms with E-state index in [0.717, 1.165) is 56.3 Å². The first-order chi connectivity index (χ1) is 14.6. The van der Waals surface area contributed by atoms with E-state index in [0.29, 0.717) is 17.2 Å². The monoisotopic (exact) mass is 427 g/mol. The molecular weight excluding hydrogens is 398 g/mol. The predicted octanol–water partition coefficient (Wildman–Crippen LogP) is 5.09. The number of hydrogen-bond donors (Lipinski definition) is 1. The van der Waals surface area contributed by atoms with Gasteiger partial charge in [-0.3, -0.25) is 4.79 Å². The highest BCUT2D eigenvalue weighted by atomic mass is 32.1. The van der Waals surface area contributed by atoms with Crippen LogP contribution in [0.3, 0.4) is 0 Å². The first-order valence-electron chi connectivity index (χ1n) is 11.0. The minimum absolute atomic E-state index is 0.243. The highest BCUT2D eigenvalue weighted by Crippen LogP contribution is 2.39. The molecule has 0 saturated carbocycles. The predicted molar refractivity (Wildman–Crippen MR) is 119 cm³/mol. The number of nitrogens with one attached hydrogen (secondary N) is 1. The molecule has 0 bridgehead atoms. The molecule has 0 aliphatic heterocycles. The van der Waals surface area contributed by atoms with Crippen molar-refractivity contribution in [3.63, 3.8) is 0 Å². The number of esters is 1. The van der Waals surface area contributed by atoms with Crippen molar-refractivity contribution >= 4 is 28.2 Å². The third-order valence-corrected chi connectivity index (χ3v) is 7.12. The molecule has 0 unspecified atom stereocenters. The topological polar surface area (TPSA) is 64.6 Å². The van der Waals surface area contributed by atoms with Gasteiger partial charge in [0.25, 0.3) is 5.91 Å². The molecule has 1 N–H and O–H groups in total. The quantitative estimate of drug-likeness (QED) is 0.652. The highest BCUT2D eigenvalue weighted by Gasteiger charge is 2.28. The summed E-state index contributed by atoms with van der Waals surface area (Å²) in [6.45, 7) is 3.87. The average Bonchev–Trinajstić information content (AvgIpc) is 3.12. The zero-order chi connectivity index (χ0) is 21.1. The molecule has 1 aromatic heterocycles. The molecule has 1 heterocycles. The maximum absolute atomic E-state index is 12.9. The molecular formula is C24H29NO4S. The molecule has 1 aromatic carbocycles. The van der Waals surface area contributed by atoms with Crippen LogP contribution in [-0.2, 0) is 35.2 Å². The number of benzene rings is 1. The second-order valence-electron chi connectivity index (χ2n) is 7.99. The molecule has 30 heavy (non-hydrogen) atoms. The number of thiophene rings is 1. The number of carbonyl (C=O) groups excluding carboxylic acids is 2. The van der Waals surface area contributed by atoms with Gasteiger partial charge in [0.05, 0.1) is 12.2 Å². The van der Waals surface area contributed by atoms with Crippen LogP contribution in [0.2, 0.25) is 0 Å². The Bertz CT molecular complexity index is 949. The van der Waals surface area contributed by atoms with Crippen LogP contribution in [0.25, 0.3) is 0 Å². The third kappa shape index (κ3) is 4.24. The summed E-state index contributed by atoms with van der Waals surface area (Å²) in [4.78, 5) is 26.7. The summed E-state index contributed by atoms with van der Waals surface area (Å²) in [5.74, 6) is 0.205. The van der Waals surface area contributed by atoms with Crippen LogP contribution in [0, 0.1) is 0 Å². The Labute approximate surface area is 181 Å². The molecule has 5 nitrogen and oxygen atoms in total. The first kappa shape index (κ1) is 20.9. The van der Waals surface area contributed by atoms with Gasteiger partial charge in [-0.2, -0.15) is 0 Å². The number of anilines is 1. The van der Waals surface area contributed by atoms with Crippen LogP contribution in [0.1, 0.15) is 71.5 Å². The van der Waals surface area contributed by atoms with Crippen molar-refractivity contribution < 1.29 is 19.1 Å². The summed E-state index contributed by atoms with van der Waals surface area (Å²) in [5.41, 5.74) is 4.13. The maximum atomic E-state index is 12.9. The number of rotatable bonds is 6. The van der Waals surface area contributed by atoms with Gasteiger partial charge < -0.3 is 14.8 Å². The molecule has 2 aliphatic carbocycles. The van der Waals surface area contributed by atoms with Gasteiger partial charge in [-0.25, -0.2) is 4.79 Å². The molecule has 4 rings (SSSR count). The summed E-state index contributed by atoms with van der Waals surface area (Å²) in [6, 6.07) is 6.09. The third-order valence-electron chi connectivity index (χ3n) is 5.91. The van der Waals surface area contributed by atoms with Crippen LogP contribution >= 0.6 is 11.3 Å². The minimum Gasteiger partial charge on any atom is -0.481 e. The largest absolute Gasteiger partial charge is 0.481 e. The number of hydrogen-bond acceptors (Lipinski definition) is 5. The number of fused-ring (bicyclic) bond motifs is 2. The molecule has 2 aliphatic rings. The van der Waals surface area contributed by atoms with E-state index in [-0.39, 0.29) is 11.9 Å². The van der Waals surface area contributed by atoms with E-state index in [9.17, 15) is 9.59 Å². The Hall–Kier alpha value is -2.34. The Kier molecular flexibility index (Phi) is 6.42. The lowest BCUT2D eigenvalue weighted by molar-refractivity contribution is -0.122. The van der Waals surface area contributed by atoms with E-state index >= 15 is 0 Å². The fourth-order valence-electron chi connectivity index (χ4n) is 4.39. The normalized spacial score (nSPS) is 16.2. The minimum atomic E-state index is -0.660. The highest BCUT2D eigenvalue weighted by molar-refractivity contribution is 7.17. The fourth-order valence-corrected chi connectivity index (χ4v) is 5.67. The van der Waals surface area contributed by atoms with Crippen LogP contribution < -0.4 is 10.1 Å². The van der Waals surface area contributed by atoms with E-state index in [1.807, 2.05) is 12.1 Å². The lowest BCUT2D eigenvalue weighted by Crippen LogP contribution is -2.31. The standard InChI is InChI=1S/C24H29NO4S/c1-3-28-24(27)21-18-12-6-7-14-20(18)30-23(21)25-22(26)15(2)29-19-13-8-10-16-9-4-5-11-17(16)19/h8,10,13,15H,3-7,9,11-12,14H2,1-2H3,(H,25,26)/t15-/m0/s1. The molecule has 0 saturated heterocycles. The molecule has 0 fully saturated rings. The van der Waals surface area contributed by atoms with Crippen molar-refractivity contribution in [1.82, 2.24) is 0 Å². The zero-order valence-electron chi connectivity index (χ0n) is 17.7. The number of aryl methyl sites for hydroxylation is 2. The summed E-state index contributed by atoms with van der Waals surface area (Å²) < 4.78 is 11.4. The SMILES string of the molecule is CCOC(=O)c1c(NC(=O)[C@H](C)Oc2cccc3c2CCCC3)sc2c1CCCC2. The van der Waals surface area contributed by atoms with Crippen molar-refractivity contribution in [3.05, 3.63) is 45.3 Å². The second-order valence-corrected chi connectivity index (χ2v) is 9.09. The van der Waals surface area contributed by atoms with Crippen LogP contribution in [0.15, 0.2) is 18.2 Å². The summed E-state index contributed by atoms with van der Waals surface area (Å²) in [7, 11) is 0. The Morgan fingerprint density at radius 2 is 1.80 bits per heavy atom. The first-order valence-corrected chi connectivity index (χ1v) is 11.8. The molecule has 160 valence electrons. The van der Waals surface area contributed by atoms with E-state index < -0.39 is 6.10 Å². The van der Waals surface area contributed by atoms with Crippen LogP contribution in [0.5, 0.6) is 5.75 Å². The Morgan fingerprint density at radius 3 is 2.60 bits per heavy atom. The number of amides is 1. The van der Waals surface area contributed by atoms with Crippen LogP contribution in [-0.4, -0.2) is 24.6 Å². The smallest absolute Gasteiger partial charge is 0.341 e. The van der Waals surface area contributed by atoms with Gasteiger partial charge in [-0.05, 0) is 88.0 Å². The molecule has 1 amide bonds. The summed E-state index contributed by atoms with van der Waals surface area (Å²) in [5, 5.41) is 3.55. The molecule has 2 aromatic rings. The van der Waals surface area contributed by atoms with Gasteiger partial charge in [0.2, 0.25) is 0 Å². The zero-order valence-corrected chi connectivity index (χ0v) is 18.5. The Morgan fingerprint density at radius 1 is 1.07 bits per heavy atom. The lowest BCUT2D eigenvalue weighted by atomic mass is 9.91. The van der Waals surface area contributed by atoms with E-state index in [1.54, 1.807) is 13.8 Å². The fraction of sp³-hybridized carbons (Fsp3) is 0.500. The van der Waals surface area contributed by atoms with Gasteiger partial charge >= 0.3 is 5.97 Å². The van der Waals surface area contributed by atoms with Gasteiger partial charge in [-0.15, -0.1) is 11.3 Å². The number of carbonyl (C=O) groups is 2. The molecule has 0 radical (unpaired) electrons. The van der Waals surface area contributed by atoms with Gasteiger partial charge in [0.15, 0.2) is 6.10 Å². The maximum Gasteiger partial charge on any atom is 0.341 e. The molecule has 6 heteroatoms. The van der Waals surface area contributed by atoms with Gasteiger partial charge in [0.1, 0.15) is 10.8 Å². The van der Waals surface area contributed by atoms with Crippen molar-refractivity contribution in [1.29, 1.82) is 0 Å². The summed E-state index contributed by atoms with van der Waals surface area (Å²) >= 11 is 1.50. The van der Waals surface area contributed by atoms with Gasteiger partial charge in [-0.1, -0.05) is 12.1 Å². The van der Waals surface area contributed by atoms with Crippen molar-refractivity contribution in [2.24, 2.45) is 0 Å². The van der Waals surface area contributed by atoms with E-state index in [2.05, 4.69) is 11.4 Å². The number of ether oxygens (including phenoxy) is 2. The Balaban J connectivity index is 1.53. The van der Waals surface area contributed by atoms with E-state index in [4.69, 9.17) is 9.47 Å².